The lowest BCUT2D eigenvalue weighted by Crippen LogP contribution is -2.47. The Kier molecular flexibility index (Phi) is 4.45. The number of carbonyl (C=O) groups excluding carboxylic acids is 1. The van der Waals surface area contributed by atoms with E-state index in [1.54, 1.807) is 17.9 Å². The predicted molar refractivity (Wildman–Crippen MR) is 76.7 cm³/mol. The first-order valence-electron chi connectivity index (χ1n) is 6.95. The lowest BCUT2D eigenvalue weighted by atomic mass is 9.92. The quantitative estimate of drug-likeness (QED) is 0.881. The maximum absolute atomic E-state index is 13.2. The van der Waals surface area contributed by atoms with E-state index in [1.165, 1.54) is 12.1 Å². The molecular formula is C15H19FN2O3. The molecule has 114 valence electrons. The average Bonchev–Trinajstić information content (AvgIpc) is 2.42. The van der Waals surface area contributed by atoms with Crippen molar-refractivity contribution in [2.45, 2.75) is 32.7 Å². The predicted octanol–water partition coefficient (Wildman–Crippen LogP) is 2.85. The van der Waals surface area contributed by atoms with E-state index in [9.17, 15) is 14.0 Å². The van der Waals surface area contributed by atoms with Crippen LogP contribution in [0.2, 0.25) is 0 Å². The Morgan fingerprint density at radius 2 is 2.14 bits per heavy atom. The number of halogens is 1. The fourth-order valence-electron chi connectivity index (χ4n) is 2.61. The van der Waals surface area contributed by atoms with Gasteiger partial charge in [-0.15, -0.1) is 0 Å². The molecule has 21 heavy (non-hydrogen) atoms. The van der Waals surface area contributed by atoms with Gasteiger partial charge in [-0.05, 0) is 44.4 Å². The molecule has 2 N–H and O–H groups in total. The second kappa shape index (κ2) is 6.11. The van der Waals surface area contributed by atoms with Crippen LogP contribution in [-0.4, -0.2) is 34.6 Å². The smallest absolute Gasteiger partial charge is 0.322 e. The van der Waals surface area contributed by atoms with Gasteiger partial charge in [-0.3, -0.25) is 4.79 Å². The van der Waals surface area contributed by atoms with Gasteiger partial charge in [0.2, 0.25) is 0 Å². The number of rotatable bonds is 2. The van der Waals surface area contributed by atoms with Crippen LogP contribution >= 0.6 is 0 Å². The second-order valence-corrected chi connectivity index (χ2v) is 5.49. The molecule has 1 fully saturated rings. The van der Waals surface area contributed by atoms with Crippen LogP contribution < -0.4 is 5.32 Å². The van der Waals surface area contributed by atoms with Crippen LogP contribution in [0.3, 0.4) is 0 Å². The number of nitrogens with one attached hydrogen (secondary N) is 1. The number of nitrogens with zero attached hydrogens (tertiary/aromatic N) is 1. The van der Waals surface area contributed by atoms with Crippen LogP contribution in [0.15, 0.2) is 18.2 Å². The van der Waals surface area contributed by atoms with Crippen molar-refractivity contribution in [3.8, 4) is 0 Å². The van der Waals surface area contributed by atoms with Gasteiger partial charge in [-0.25, -0.2) is 9.18 Å². The van der Waals surface area contributed by atoms with Crippen molar-refractivity contribution >= 4 is 17.7 Å². The number of likely N-dealkylation sites (tertiary alicyclic amines) is 1. The van der Waals surface area contributed by atoms with Crippen molar-refractivity contribution in [2.75, 3.05) is 11.9 Å². The molecule has 2 atom stereocenters. The lowest BCUT2D eigenvalue weighted by molar-refractivity contribution is -0.143. The van der Waals surface area contributed by atoms with Crippen molar-refractivity contribution in [3.05, 3.63) is 29.6 Å². The Bertz CT molecular complexity index is 562. The highest BCUT2D eigenvalue weighted by Crippen LogP contribution is 2.24. The normalized spacial score (nSPS) is 22.0. The molecule has 1 aliphatic rings. The zero-order valence-electron chi connectivity index (χ0n) is 12.1. The number of benzene rings is 1. The Balaban J connectivity index is 2.04. The number of carboxylic acid groups (broad SMARTS) is 1. The van der Waals surface area contributed by atoms with Gasteiger partial charge in [0.05, 0.1) is 5.92 Å². The molecule has 5 nitrogen and oxygen atoms in total. The van der Waals surface area contributed by atoms with Gasteiger partial charge in [0.1, 0.15) is 5.82 Å². The first-order chi connectivity index (χ1) is 9.88. The van der Waals surface area contributed by atoms with Gasteiger partial charge in [0.15, 0.2) is 0 Å². The van der Waals surface area contributed by atoms with E-state index in [0.717, 1.165) is 5.56 Å². The summed E-state index contributed by atoms with van der Waals surface area (Å²) < 4.78 is 13.2. The van der Waals surface area contributed by atoms with Crippen molar-refractivity contribution < 1.29 is 19.1 Å². The molecule has 1 heterocycles. The number of carbonyl (C=O) groups is 2. The summed E-state index contributed by atoms with van der Waals surface area (Å²) in [5.41, 5.74) is 1.21. The fraction of sp³-hybridized carbons (Fsp3) is 0.467. The third-order valence-electron chi connectivity index (χ3n) is 3.93. The molecule has 0 bridgehead atoms. The third kappa shape index (κ3) is 3.51. The number of aliphatic carboxylic acids is 1. The number of piperidine rings is 1. The van der Waals surface area contributed by atoms with Crippen LogP contribution in [0.4, 0.5) is 14.9 Å². The summed E-state index contributed by atoms with van der Waals surface area (Å²) in [4.78, 5) is 24.9. The molecule has 6 heteroatoms. The van der Waals surface area contributed by atoms with Crippen LogP contribution in [0.25, 0.3) is 0 Å². The monoisotopic (exact) mass is 294 g/mol. The molecule has 0 aromatic heterocycles. The van der Waals surface area contributed by atoms with E-state index in [-0.39, 0.29) is 12.1 Å². The summed E-state index contributed by atoms with van der Waals surface area (Å²) in [6.45, 7) is 4.00. The van der Waals surface area contributed by atoms with E-state index in [4.69, 9.17) is 5.11 Å². The van der Waals surface area contributed by atoms with Gasteiger partial charge >= 0.3 is 12.0 Å². The minimum Gasteiger partial charge on any atom is -0.481 e. The highest BCUT2D eigenvalue weighted by molar-refractivity contribution is 5.90. The maximum Gasteiger partial charge on any atom is 0.322 e. The van der Waals surface area contributed by atoms with Gasteiger partial charge in [0.25, 0.3) is 0 Å². The number of urea groups is 1. The third-order valence-corrected chi connectivity index (χ3v) is 3.93. The number of aryl methyl sites for hydroxylation is 1. The van der Waals surface area contributed by atoms with Gasteiger partial charge in [-0.2, -0.15) is 0 Å². The molecular weight excluding hydrogens is 275 g/mol. The summed E-state index contributed by atoms with van der Waals surface area (Å²) >= 11 is 0. The number of hydrogen-bond donors (Lipinski definition) is 2. The van der Waals surface area contributed by atoms with Crippen LogP contribution in [0.1, 0.15) is 25.3 Å². The van der Waals surface area contributed by atoms with Gasteiger partial charge in [-0.1, -0.05) is 6.07 Å². The van der Waals surface area contributed by atoms with E-state index in [2.05, 4.69) is 5.32 Å². The average molecular weight is 294 g/mol. The van der Waals surface area contributed by atoms with Crippen molar-refractivity contribution in [2.24, 2.45) is 5.92 Å². The minimum atomic E-state index is -0.817. The maximum atomic E-state index is 13.2. The zero-order valence-corrected chi connectivity index (χ0v) is 12.1. The Hall–Kier alpha value is -2.11. The standard InChI is InChI=1S/C15H19FN2O3/c1-9-3-4-12(16)8-13(9)17-15(21)18-6-5-11(14(19)20)7-10(18)2/h3-4,8,10-11H,5-7H2,1-2H3,(H,17,21)(H,19,20). The molecule has 0 aliphatic carbocycles. The minimum absolute atomic E-state index is 0.159. The molecule has 2 unspecified atom stereocenters. The largest absolute Gasteiger partial charge is 0.481 e. The topological polar surface area (TPSA) is 69.6 Å². The van der Waals surface area contributed by atoms with Gasteiger partial charge < -0.3 is 15.3 Å². The highest BCUT2D eigenvalue weighted by Gasteiger charge is 2.32. The number of hydrogen-bond acceptors (Lipinski definition) is 2. The molecule has 0 spiro atoms. The molecule has 1 aromatic carbocycles. The first kappa shape index (κ1) is 15.3. The molecule has 2 amide bonds. The first-order valence-corrected chi connectivity index (χ1v) is 6.95. The van der Waals surface area contributed by atoms with Crippen molar-refractivity contribution in [1.29, 1.82) is 0 Å². The summed E-state index contributed by atoms with van der Waals surface area (Å²) in [6, 6.07) is 3.74. The summed E-state index contributed by atoms with van der Waals surface area (Å²) in [5.74, 6) is -1.63. The van der Waals surface area contributed by atoms with Gasteiger partial charge in [0, 0.05) is 18.3 Å². The Morgan fingerprint density at radius 3 is 2.76 bits per heavy atom. The second-order valence-electron chi connectivity index (χ2n) is 5.49. The van der Waals surface area contributed by atoms with Crippen molar-refractivity contribution in [3.63, 3.8) is 0 Å². The summed E-state index contributed by atoms with van der Waals surface area (Å²) in [7, 11) is 0. The molecule has 1 aromatic rings. The van der Waals surface area contributed by atoms with Crippen molar-refractivity contribution in [1.82, 2.24) is 4.90 Å². The van der Waals surface area contributed by atoms with E-state index in [0.29, 0.717) is 25.1 Å². The zero-order chi connectivity index (χ0) is 15.6. The fourth-order valence-corrected chi connectivity index (χ4v) is 2.61. The van der Waals surface area contributed by atoms with Crippen LogP contribution in [0.5, 0.6) is 0 Å². The number of anilines is 1. The molecule has 1 aliphatic heterocycles. The molecule has 2 rings (SSSR count). The SMILES string of the molecule is Cc1ccc(F)cc1NC(=O)N1CCC(C(=O)O)CC1C. The van der Waals surface area contributed by atoms with E-state index < -0.39 is 17.7 Å². The Labute approximate surface area is 122 Å². The summed E-state index contributed by atoms with van der Waals surface area (Å²) in [5, 5.41) is 11.7. The number of amides is 2. The van der Waals surface area contributed by atoms with Crippen LogP contribution in [-0.2, 0) is 4.79 Å². The Morgan fingerprint density at radius 1 is 1.43 bits per heavy atom. The van der Waals surface area contributed by atoms with E-state index >= 15 is 0 Å². The molecule has 0 saturated carbocycles. The molecule has 1 saturated heterocycles. The van der Waals surface area contributed by atoms with E-state index in [1.807, 2.05) is 6.92 Å². The summed E-state index contributed by atoms with van der Waals surface area (Å²) in [6.07, 6.45) is 0.875. The molecule has 0 radical (unpaired) electrons. The number of carboxylic acids is 1. The lowest BCUT2D eigenvalue weighted by Gasteiger charge is -2.36. The highest BCUT2D eigenvalue weighted by atomic mass is 19.1. The van der Waals surface area contributed by atoms with Crippen LogP contribution in [0, 0.1) is 18.7 Å².